The molecule has 1 saturated carbocycles. The number of sulfonamides is 1. The number of benzene rings is 2. The van der Waals surface area contributed by atoms with Gasteiger partial charge in [0, 0.05) is 11.3 Å². The quantitative estimate of drug-likeness (QED) is 0.520. The van der Waals surface area contributed by atoms with Crippen molar-refractivity contribution < 1.29 is 27.5 Å². The fraction of sp³-hybridized carbons (Fsp3) is 0.429. The molecular formula is C28H31N3O6S. The number of amidine groups is 1. The van der Waals surface area contributed by atoms with Crippen LogP contribution >= 0.6 is 0 Å². The zero-order chi connectivity index (χ0) is 27.5. The summed E-state index contributed by atoms with van der Waals surface area (Å²) >= 11 is 0. The summed E-state index contributed by atoms with van der Waals surface area (Å²) in [5, 5.41) is 5.45. The highest BCUT2D eigenvalue weighted by Crippen LogP contribution is 2.46. The van der Waals surface area contributed by atoms with Gasteiger partial charge in [0.15, 0.2) is 11.6 Å². The van der Waals surface area contributed by atoms with E-state index in [0.29, 0.717) is 23.5 Å². The molecule has 10 heteroatoms. The summed E-state index contributed by atoms with van der Waals surface area (Å²) in [4.78, 5) is 39.6. The highest BCUT2D eigenvalue weighted by molar-refractivity contribution is 7.90. The van der Waals surface area contributed by atoms with Crippen LogP contribution in [0.15, 0.2) is 51.8 Å². The summed E-state index contributed by atoms with van der Waals surface area (Å²) in [6.07, 6.45) is 3.05. The topological polar surface area (TPSA) is 131 Å². The molecule has 2 N–H and O–H groups in total. The number of rotatable bonds is 4. The van der Waals surface area contributed by atoms with Gasteiger partial charge in [0.1, 0.15) is 22.3 Å². The van der Waals surface area contributed by atoms with Crippen molar-refractivity contribution in [2.75, 3.05) is 10.6 Å². The second-order valence-corrected chi connectivity index (χ2v) is 13.0. The van der Waals surface area contributed by atoms with Crippen molar-refractivity contribution >= 4 is 44.9 Å². The van der Waals surface area contributed by atoms with E-state index >= 15 is 0 Å². The monoisotopic (exact) mass is 537 g/mol. The molecule has 38 heavy (non-hydrogen) atoms. The largest absolute Gasteiger partial charge is 0.444 e. The Labute approximate surface area is 222 Å². The van der Waals surface area contributed by atoms with Gasteiger partial charge in [-0.1, -0.05) is 43.5 Å². The van der Waals surface area contributed by atoms with Crippen LogP contribution in [0.5, 0.6) is 0 Å². The number of anilines is 2. The molecule has 0 spiro atoms. The fourth-order valence-corrected chi connectivity index (χ4v) is 6.62. The van der Waals surface area contributed by atoms with E-state index in [-0.39, 0.29) is 27.9 Å². The number of carbonyl (C=O) groups excluding carboxylic acids is 3. The van der Waals surface area contributed by atoms with Crippen LogP contribution in [0, 0.1) is 11.8 Å². The standard InChI is InChI=1S/C28H31N3O6S/c1-27(2,3)37-26(34)29-17-12-13-20-21(14-17)38(35,36)31-25(30-20)22-23(32)18-10-5-6-11-19(18)28(4,24(22)33)15-16-8-7-9-16/h5-6,10-14,16,22H,7-9,15H2,1-4H3,(H,29,34)(H,30,31). The van der Waals surface area contributed by atoms with E-state index in [0.717, 1.165) is 19.3 Å². The molecule has 1 aliphatic heterocycles. The lowest BCUT2D eigenvalue weighted by Gasteiger charge is -2.42. The number of ether oxygens (including phenoxy) is 1. The van der Waals surface area contributed by atoms with Gasteiger partial charge in [-0.3, -0.25) is 14.9 Å². The van der Waals surface area contributed by atoms with Gasteiger partial charge in [-0.2, -0.15) is 8.42 Å². The van der Waals surface area contributed by atoms with Crippen molar-refractivity contribution in [2.45, 2.75) is 69.3 Å². The molecule has 1 heterocycles. The maximum Gasteiger partial charge on any atom is 0.412 e. The average molecular weight is 538 g/mol. The van der Waals surface area contributed by atoms with Gasteiger partial charge in [-0.15, -0.1) is 4.40 Å². The molecule has 2 aliphatic carbocycles. The Kier molecular flexibility index (Phi) is 6.21. The van der Waals surface area contributed by atoms with Crippen LogP contribution in [0.4, 0.5) is 16.2 Å². The van der Waals surface area contributed by atoms with Gasteiger partial charge < -0.3 is 10.1 Å². The van der Waals surface area contributed by atoms with E-state index in [1.54, 1.807) is 32.9 Å². The second kappa shape index (κ2) is 9.04. The number of nitrogens with zero attached hydrogens (tertiary/aromatic N) is 1. The SMILES string of the molecule is CC(C)(C)OC(=O)Nc1ccc2c(c1)S(=O)(=O)N=C(C1C(=O)c3ccccc3C(C)(CC3CCC3)C1=O)N2. The van der Waals surface area contributed by atoms with E-state index in [4.69, 9.17) is 4.74 Å². The van der Waals surface area contributed by atoms with Crippen molar-refractivity contribution in [2.24, 2.45) is 16.2 Å². The molecule has 9 nitrogen and oxygen atoms in total. The molecule has 0 saturated heterocycles. The number of hydrogen-bond donors (Lipinski definition) is 2. The summed E-state index contributed by atoms with van der Waals surface area (Å²) < 4.78 is 35.6. The Morgan fingerprint density at radius 3 is 2.53 bits per heavy atom. The van der Waals surface area contributed by atoms with Gasteiger partial charge in [0.05, 0.1) is 11.1 Å². The Hall–Kier alpha value is -3.53. The molecule has 1 amide bonds. The highest BCUT2D eigenvalue weighted by Gasteiger charge is 2.52. The molecule has 3 aliphatic rings. The molecule has 0 aromatic heterocycles. The number of ketones is 2. The van der Waals surface area contributed by atoms with Gasteiger partial charge in [0.2, 0.25) is 0 Å². The molecule has 2 unspecified atom stereocenters. The van der Waals surface area contributed by atoms with E-state index in [1.807, 2.05) is 19.1 Å². The third kappa shape index (κ3) is 4.62. The lowest BCUT2D eigenvalue weighted by atomic mass is 9.60. The maximum absolute atomic E-state index is 14.0. The molecule has 0 bridgehead atoms. The van der Waals surface area contributed by atoms with Gasteiger partial charge >= 0.3 is 6.09 Å². The highest BCUT2D eigenvalue weighted by atomic mass is 32.2. The predicted octanol–water partition coefficient (Wildman–Crippen LogP) is 5.08. The second-order valence-electron chi connectivity index (χ2n) is 11.5. The average Bonchev–Trinajstić information content (AvgIpc) is 2.79. The Balaban J connectivity index is 1.49. The summed E-state index contributed by atoms with van der Waals surface area (Å²) in [6, 6.07) is 11.3. The van der Waals surface area contributed by atoms with E-state index in [9.17, 15) is 22.8 Å². The van der Waals surface area contributed by atoms with Crippen molar-refractivity contribution in [3.8, 4) is 0 Å². The number of Topliss-reactive ketones (excluding diaryl/α,β-unsaturated/α-hetero) is 2. The Morgan fingerprint density at radius 2 is 1.87 bits per heavy atom. The summed E-state index contributed by atoms with van der Waals surface area (Å²) in [5.74, 6) is -1.99. The number of amides is 1. The van der Waals surface area contributed by atoms with Crippen molar-refractivity contribution in [1.29, 1.82) is 0 Å². The first kappa shape index (κ1) is 26.1. The van der Waals surface area contributed by atoms with Gasteiger partial charge in [-0.25, -0.2) is 4.79 Å². The first-order valence-corrected chi connectivity index (χ1v) is 14.2. The van der Waals surface area contributed by atoms with E-state index in [1.165, 1.54) is 18.2 Å². The predicted molar refractivity (Wildman–Crippen MR) is 143 cm³/mol. The van der Waals surface area contributed by atoms with Crippen LogP contribution < -0.4 is 10.6 Å². The molecule has 0 radical (unpaired) electrons. The maximum atomic E-state index is 14.0. The zero-order valence-corrected chi connectivity index (χ0v) is 22.6. The van der Waals surface area contributed by atoms with Gasteiger partial charge in [-0.05, 0) is 63.8 Å². The lowest BCUT2D eigenvalue weighted by Crippen LogP contribution is -2.52. The molecule has 200 valence electrons. The molecule has 5 rings (SSSR count). The van der Waals surface area contributed by atoms with Gasteiger partial charge in [0.25, 0.3) is 10.0 Å². The minimum absolute atomic E-state index is 0.171. The minimum atomic E-state index is -4.28. The van der Waals surface area contributed by atoms with Crippen molar-refractivity contribution in [1.82, 2.24) is 0 Å². The third-order valence-electron chi connectivity index (χ3n) is 7.44. The number of nitrogens with one attached hydrogen (secondary N) is 2. The van der Waals surface area contributed by atoms with Crippen LogP contribution in [-0.2, 0) is 25.0 Å². The first-order chi connectivity index (χ1) is 17.8. The normalized spacial score (nSPS) is 24.3. The number of fused-ring (bicyclic) bond motifs is 2. The Morgan fingerprint density at radius 1 is 1.16 bits per heavy atom. The molecule has 2 atom stereocenters. The van der Waals surface area contributed by atoms with Crippen molar-refractivity contribution in [3.63, 3.8) is 0 Å². The van der Waals surface area contributed by atoms with Crippen LogP contribution in [0.3, 0.4) is 0 Å². The smallest absolute Gasteiger partial charge is 0.412 e. The van der Waals surface area contributed by atoms with E-state index in [2.05, 4.69) is 15.0 Å². The van der Waals surface area contributed by atoms with E-state index < -0.39 is 38.8 Å². The van der Waals surface area contributed by atoms with Crippen LogP contribution in [0.2, 0.25) is 0 Å². The third-order valence-corrected chi connectivity index (χ3v) is 8.77. The molecule has 2 aromatic rings. The van der Waals surface area contributed by atoms with Crippen molar-refractivity contribution in [3.05, 3.63) is 53.6 Å². The van der Waals surface area contributed by atoms with Crippen LogP contribution in [0.25, 0.3) is 0 Å². The zero-order valence-electron chi connectivity index (χ0n) is 21.8. The Bertz CT molecular complexity index is 1490. The number of carbonyl (C=O) groups is 3. The minimum Gasteiger partial charge on any atom is -0.444 e. The summed E-state index contributed by atoms with van der Waals surface area (Å²) in [6.45, 7) is 7.00. The molecule has 2 aromatic carbocycles. The first-order valence-electron chi connectivity index (χ1n) is 12.7. The fourth-order valence-electron chi connectivity index (χ4n) is 5.44. The molecular weight excluding hydrogens is 506 g/mol. The van der Waals surface area contributed by atoms with Crippen LogP contribution in [0.1, 0.15) is 69.3 Å². The summed E-state index contributed by atoms with van der Waals surface area (Å²) in [7, 11) is -4.28. The lowest BCUT2D eigenvalue weighted by molar-refractivity contribution is -0.126. The number of hydrogen-bond acceptors (Lipinski definition) is 7. The summed E-state index contributed by atoms with van der Waals surface area (Å²) in [5.41, 5.74) is -0.177. The molecule has 1 fully saturated rings. The van der Waals surface area contributed by atoms with Crippen LogP contribution in [-0.4, -0.2) is 37.5 Å².